The molecule has 8 nitrogen and oxygen atoms in total. The Hall–Kier alpha value is -3.42. The van der Waals surface area contributed by atoms with Crippen molar-refractivity contribution in [3.63, 3.8) is 0 Å². The number of amides is 1. The maximum absolute atomic E-state index is 12.7. The fourth-order valence-electron chi connectivity index (χ4n) is 3.22. The second kappa shape index (κ2) is 8.08. The highest BCUT2D eigenvalue weighted by Gasteiger charge is 2.25. The van der Waals surface area contributed by atoms with E-state index in [2.05, 4.69) is 4.90 Å². The summed E-state index contributed by atoms with van der Waals surface area (Å²) >= 11 is 0. The number of nitrogens with zero attached hydrogens (tertiary/aromatic N) is 3. The molecule has 0 spiro atoms. The first-order chi connectivity index (χ1) is 13.4. The second-order valence-electron chi connectivity index (χ2n) is 6.53. The van der Waals surface area contributed by atoms with Gasteiger partial charge in [-0.15, -0.1) is 0 Å². The van der Waals surface area contributed by atoms with Crippen LogP contribution in [0.5, 0.6) is 5.75 Å². The molecular formula is C20H21N3O5. The SMILES string of the molecule is COc1ccc(C(=O)N2CCN(c3ccc(C(C)=O)cc3)CC2)cc1[N+](=O)[O-]. The topological polar surface area (TPSA) is 93.0 Å². The minimum atomic E-state index is -0.557. The number of anilines is 1. The molecule has 1 saturated heterocycles. The number of carbonyl (C=O) groups is 2. The van der Waals surface area contributed by atoms with Crippen LogP contribution in [0.1, 0.15) is 27.6 Å². The Morgan fingerprint density at radius 3 is 2.14 bits per heavy atom. The molecule has 1 aliphatic heterocycles. The van der Waals surface area contributed by atoms with Crippen molar-refractivity contribution in [3.05, 3.63) is 63.7 Å². The summed E-state index contributed by atoms with van der Waals surface area (Å²) in [6.07, 6.45) is 0. The Morgan fingerprint density at radius 2 is 1.61 bits per heavy atom. The molecule has 0 atom stereocenters. The van der Waals surface area contributed by atoms with Gasteiger partial charge < -0.3 is 14.5 Å². The zero-order valence-corrected chi connectivity index (χ0v) is 15.8. The molecule has 3 rings (SSSR count). The summed E-state index contributed by atoms with van der Waals surface area (Å²) < 4.78 is 4.98. The molecule has 1 fully saturated rings. The number of ether oxygens (including phenoxy) is 1. The number of carbonyl (C=O) groups excluding carboxylic acids is 2. The van der Waals surface area contributed by atoms with E-state index in [1.807, 2.05) is 12.1 Å². The summed E-state index contributed by atoms with van der Waals surface area (Å²) in [6.45, 7) is 3.83. The summed E-state index contributed by atoms with van der Waals surface area (Å²) in [6, 6.07) is 11.6. The van der Waals surface area contributed by atoms with E-state index in [4.69, 9.17) is 4.74 Å². The van der Waals surface area contributed by atoms with Gasteiger partial charge in [0.2, 0.25) is 0 Å². The molecule has 0 radical (unpaired) electrons. The van der Waals surface area contributed by atoms with E-state index < -0.39 is 4.92 Å². The van der Waals surface area contributed by atoms with Crippen molar-refractivity contribution in [1.29, 1.82) is 0 Å². The van der Waals surface area contributed by atoms with E-state index in [0.29, 0.717) is 31.7 Å². The molecule has 0 N–H and O–H groups in total. The van der Waals surface area contributed by atoms with Crippen molar-refractivity contribution in [1.82, 2.24) is 4.90 Å². The van der Waals surface area contributed by atoms with Crippen LogP contribution in [0.4, 0.5) is 11.4 Å². The summed E-state index contributed by atoms with van der Waals surface area (Å²) in [5, 5.41) is 11.2. The van der Waals surface area contributed by atoms with Crippen molar-refractivity contribution in [3.8, 4) is 5.75 Å². The minimum absolute atomic E-state index is 0.0237. The Labute approximate surface area is 162 Å². The van der Waals surface area contributed by atoms with Crippen LogP contribution < -0.4 is 9.64 Å². The lowest BCUT2D eigenvalue weighted by atomic mass is 10.1. The average molecular weight is 383 g/mol. The van der Waals surface area contributed by atoms with Crippen LogP contribution in [-0.2, 0) is 0 Å². The van der Waals surface area contributed by atoms with Gasteiger partial charge in [-0.3, -0.25) is 19.7 Å². The number of methoxy groups -OCH3 is 1. The van der Waals surface area contributed by atoms with Gasteiger partial charge in [-0.25, -0.2) is 0 Å². The van der Waals surface area contributed by atoms with Crippen molar-refractivity contribution >= 4 is 23.1 Å². The standard InChI is InChI=1S/C20H21N3O5/c1-14(24)15-3-6-17(7-4-15)21-9-11-22(12-10-21)20(25)16-5-8-19(28-2)18(13-16)23(26)27/h3-8,13H,9-12H2,1-2H3. The number of benzene rings is 2. The first-order valence-corrected chi connectivity index (χ1v) is 8.88. The van der Waals surface area contributed by atoms with Crippen LogP contribution in [0, 0.1) is 10.1 Å². The summed E-state index contributed by atoms with van der Waals surface area (Å²) in [7, 11) is 1.35. The summed E-state index contributed by atoms with van der Waals surface area (Å²) in [5.41, 5.74) is 1.71. The molecule has 146 valence electrons. The first-order valence-electron chi connectivity index (χ1n) is 8.88. The monoisotopic (exact) mass is 383 g/mol. The average Bonchev–Trinajstić information content (AvgIpc) is 2.73. The lowest BCUT2D eigenvalue weighted by molar-refractivity contribution is -0.385. The third-order valence-corrected chi connectivity index (χ3v) is 4.83. The second-order valence-corrected chi connectivity index (χ2v) is 6.53. The van der Waals surface area contributed by atoms with Gasteiger partial charge in [-0.05, 0) is 43.3 Å². The maximum atomic E-state index is 12.7. The van der Waals surface area contributed by atoms with Crippen LogP contribution in [0.25, 0.3) is 0 Å². The number of piperazine rings is 1. The number of hydrogen-bond donors (Lipinski definition) is 0. The zero-order chi connectivity index (χ0) is 20.3. The van der Waals surface area contributed by atoms with Gasteiger partial charge >= 0.3 is 5.69 Å². The van der Waals surface area contributed by atoms with Crippen molar-refractivity contribution in [2.45, 2.75) is 6.92 Å². The number of hydrogen-bond acceptors (Lipinski definition) is 6. The van der Waals surface area contributed by atoms with E-state index in [0.717, 1.165) is 5.69 Å². The van der Waals surface area contributed by atoms with Gasteiger partial charge in [0.15, 0.2) is 11.5 Å². The molecule has 1 amide bonds. The molecule has 0 unspecified atom stereocenters. The van der Waals surface area contributed by atoms with Crippen LogP contribution in [0.2, 0.25) is 0 Å². The molecule has 0 bridgehead atoms. The van der Waals surface area contributed by atoms with Crippen LogP contribution in [0.15, 0.2) is 42.5 Å². The highest BCUT2D eigenvalue weighted by Crippen LogP contribution is 2.28. The molecular weight excluding hydrogens is 362 g/mol. The van der Waals surface area contributed by atoms with Crippen molar-refractivity contribution in [2.75, 3.05) is 38.2 Å². The minimum Gasteiger partial charge on any atom is -0.490 e. The molecule has 8 heteroatoms. The lowest BCUT2D eigenvalue weighted by Crippen LogP contribution is -2.48. The predicted molar refractivity (Wildman–Crippen MR) is 104 cm³/mol. The zero-order valence-electron chi connectivity index (χ0n) is 15.8. The Balaban J connectivity index is 1.67. The third-order valence-electron chi connectivity index (χ3n) is 4.83. The maximum Gasteiger partial charge on any atom is 0.311 e. The largest absolute Gasteiger partial charge is 0.490 e. The van der Waals surface area contributed by atoms with Crippen molar-refractivity contribution in [2.24, 2.45) is 0 Å². The molecule has 2 aromatic rings. The van der Waals surface area contributed by atoms with Gasteiger partial charge in [-0.1, -0.05) is 0 Å². The number of nitro groups is 1. The third kappa shape index (κ3) is 3.95. The van der Waals surface area contributed by atoms with Crippen LogP contribution in [0.3, 0.4) is 0 Å². The molecule has 28 heavy (non-hydrogen) atoms. The number of nitro benzene ring substituents is 1. The number of rotatable bonds is 5. The number of Topliss-reactive ketones (excluding diaryl/α,β-unsaturated/α-hetero) is 1. The molecule has 1 heterocycles. The highest BCUT2D eigenvalue weighted by molar-refractivity contribution is 5.95. The first kappa shape index (κ1) is 19.3. The predicted octanol–water partition coefficient (Wildman–Crippen LogP) is 2.77. The Morgan fingerprint density at radius 1 is 1.00 bits per heavy atom. The number of ketones is 1. The van der Waals surface area contributed by atoms with Gasteiger partial charge in [0.25, 0.3) is 5.91 Å². The van der Waals surface area contributed by atoms with E-state index >= 15 is 0 Å². The molecule has 0 saturated carbocycles. The van der Waals surface area contributed by atoms with Gasteiger partial charge in [0, 0.05) is 49.1 Å². The quantitative estimate of drug-likeness (QED) is 0.448. The molecule has 0 aromatic heterocycles. The Bertz CT molecular complexity index is 903. The summed E-state index contributed by atoms with van der Waals surface area (Å²) in [5.74, 6) is -0.0896. The van der Waals surface area contributed by atoms with Gasteiger partial charge in [-0.2, -0.15) is 0 Å². The molecule has 1 aliphatic rings. The van der Waals surface area contributed by atoms with Gasteiger partial charge in [0.1, 0.15) is 0 Å². The van der Waals surface area contributed by atoms with Crippen LogP contribution >= 0.6 is 0 Å². The fraction of sp³-hybridized carbons (Fsp3) is 0.300. The van der Waals surface area contributed by atoms with E-state index in [1.165, 1.54) is 26.2 Å². The molecule has 0 aliphatic carbocycles. The lowest BCUT2D eigenvalue weighted by Gasteiger charge is -2.36. The van der Waals surface area contributed by atoms with E-state index in [-0.39, 0.29) is 28.7 Å². The fourth-order valence-corrected chi connectivity index (χ4v) is 3.22. The van der Waals surface area contributed by atoms with E-state index in [1.54, 1.807) is 23.1 Å². The van der Waals surface area contributed by atoms with Crippen LogP contribution in [-0.4, -0.2) is 54.8 Å². The Kier molecular flexibility index (Phi) is 5.58. The normalized spacial score (nSPS) is 13.9. The highest BCUT2D eigenvalue weighted by atomic mass is 16.6. The van der Waals surface area contributed by atoms with E-state index in [9.17, 15) is 19.7 Å². The molecule has 2 aromatic carbocycles. The van der Waals surface area contributed by atoms with Gasteiger partial charge in [0.05, 0.1) is 12.0 Å². The summed E-state index contributed by atoms with van der Waals surface area (Å²) in [4.78, 5) is 38.6. The smallest absolute Gasteiger partial charge is 0.311 e. The van der Waals surface area contributed by atoms with Crippen molar-refractivity contribution < 1.29 is 19.2 Å².